The first-order chi connectivity index (χ1) is 37.6. The van der Waals surface area contributed by atoms with Gasteiger partial charge in [-0.05, 0) is 141 Å². The minimum Gasteiger partial charge on any atom is -0.353 e. The van der Waals surface area contributed by atoms with E-state index in [1.165, 1.54) is 126 Å². The standard InChI is InChI=1S/C35H26N2S.C21H18BrN.C14H9NS/c1-35(2)28-10-4-7-13-31(28)36(32-14-8-5-11-29(32)35)24-16-18-25(19-17-24)37-30-12-6-3-9-26(30)27-20-15-23-21-22-38-34(23)33(27)37;1-21(2)17-7-3-5-9-19(17)23(16-13-11-15(22)12-14-16)20-10-6-4-8-18(20)21;1-2-4-12-10(3-1)11-6-5-9-7-8-16-14(9)13(11)15-12/h3-22H,1-2H3;3-14H,1-2H3;1-8,15H. The van der Waals surface area contributed by atoms with Crippen LogP contribution >= 0.6 is 38.6 Å². The number of hydrogen-bond acceptors (Lipinski definition) is 4. The summed E-state index contributed by atoms with van der Waals surface area (Å²) < 4.78 is 6.23. The lowest BCUT2D eigenvalue weighted by Gasteiger charge is -2.42. The molecule has 14 aromatic rings. The molecule has 0 spiro atoms. The number of anilines is 6. The summed E-state index contributed by atoms with van der Waals surface area (Å²) in [7, 11) is 0. The molecule has 77 heavy (non-hydrogen) atoms. The Labute approximate surface area is 464 Å². The molecule has 0 atom stereocenters. The second-order valence-electron chi connectivity index (χ2n) is 21.1. The second-order valence-corrected chi connectivity index (χ2v) is 23.9. The van der Waals surface area contributed by atoms with Crippen LogP contribution in [0.25, 0.3) is 69.5 Å². The Morgan fingerprint density at radius 3 is 1.36 bits per heavy atom. The number of nitrogens with one attached hydrogen (secondary N) is 1. The third kappa shape index (κ3) is 7.66. The molecule has 0 aliphatic carbocycles. The highest BCUT2D eigenvalue weighted by Gasteiger charge is 2.38. The molecule has 16 rings (SSSR count). The van der Waals surface area contributed by atoms with Gasteiger partial charge in [-0.3, -0.25) is 0 Å². The maximum atomic E-state index is 3.53. The summed E-state index contributed by atoms with van der Waals surface area (Å²) in [5, 5.41) is 12.2. The summed E-state index contributed by atoms with van der Waals surface area (Å²) in [6, 6.07) is 83.3. The number of H-pyrrole nitrogens is 1. The molecule has 1 N–H and O–H groups in total. The van der Waals surface area contributed by atoms with Gasteiger partial charge in [0.1, 0.15) is 0 Å². The van der Waals surface area contributed by atoms with Gasteiger partial charge in [0.25, 0.3) is 0 Å². The molecule has 7 heteroatoms. The van der Waals surface area contributed by atoms with E-state index in [1.807, 2.05) is 11.3 Å². The lowest BCUT2D eigenvalue weighted by molar-refractivity contribution is 0.632. The molecule has 0 saturated heterocycles. The molecule has 6 heterocycles. The van der Waals surface area contributed by atoms with Crippen LogP contribution in [0.2, 0.25) is 0 Å². The summed E-state index contributed by atoms with van der Waals surface area (Å²) in [6.45, 7) is 9.28. The number of fused-ring (bicyclic) bond motifs is 14. The quantitative estimate of drug-likeness (QED) is 0.191. The lowest BCUT2D eigenvalue weighted by Crippen LogP contribution is -2.30. The normalized spacial score (nSPS) is 13.9. The summed E-state index contributed by atoms with van der Waals surface area (Å²) in [6.07, 6.45) is 0. The molecular formula is C70H53BrN4S2. The van der Waals surface area contributed by atoms with Crippen molar-refractivity contribution >= 4 is 137 Å². The molecule has 10 aromatic carbocycles. The summed E-state index contributed by atoms with van der Waals surface area (Å²) in [5.74, 6) is 0. The smallest absolute Gasteiger partial charge is 0.0719 e. The highest BCUT2D eigenvalue weighted by atomic mass is 79.9. The van der Waals surface area contributed by atoms with Crippen molar-refractivity contribution in [3.63, 3.8) is 0 Å². The van der Waals surface area contributed by atoms with Crippen LogP contribution < -0.4 is 9.80 Å². The van der Waals surface area contributed by atoms with Crippen molar-refractivity contribution in [2.24, 2.45) is 0 Å². The van der Waals surface area contributed by atoms with Crippen LogP contribution in [-0.4, -0.2) is 9.55 Å². The van der Waals surface area contributed by atoms with Gasteiger partial charge in [0.2, 0.25) is 0 Å². The van der Waals surface area contributed by atoms with Gasteiger partial charge < -0.3 is 19.4 Å². The van der Waals surface area contributed by atoms with Crippen molar-refractivity contribution in [2.45, 2.75) is 38.5 Å². The Hall–Kier alpha value is -8.20. The third-order valence-electron chi connectivity index (χ3n) is 16.1. The predicted molar refractivity (Wildman–Crippen MR) is 335 cm³/mol. The molecule has 0 bridgehead atoms. The first-order valence-electron chi connectivity index (χ1n) is 26.3. The Morgan fingerprint density at radius 1 is 0.377 bits per heavy atom. The van der Waals surface area contributed by atoms with Crippen molar-refractivity contribution in [3.8, 4) is 5.69 Å². The molecule has 4 aromatic heterocycles. The van der Waals surface area contributed by atoms with Crippen LogP contribution in [0.3, 0.4) is 0 Å². The van der Waals surface area contributed by atoms with Gasteiger partial charge in [-0.15, -0.1) is 22.7 Å². The number of para-hydroxylation sites is 6. The molecule has 0 radical (unpaired) electrons. The second kappa shape index (κ2) is 18.5. The van der Waals surface area contributed by atoms with Crippen LogP contribution in [0.1, 0.15) is 49.9 Å². The van der Waals surface area contributed by atoms with Crippen molar-refractivity contribution in [3.05, 3.63) is 268 Å². The van der Waals surface area contributed by atoms with Gasteiger partial charge in [0, 0.05) is 59.4 Å². The van der Waals surface area contributed by atoms with Crippen LogP contribution in [0.15, 0.2) is 246 Å². The molecule has 372 valence electrons. The van der Waals surface area contributed by atoms with Gasteiger partial charge in [-0.2, -0.15) is 0 Å². The minimum atomic E-state index is -0.0569. The molecule has 0 saturated carbocycles. The van der Waals surface area contributed by atoms with E-state index in [4.69, 9.17) is 0 Å². The van der Waals surface area contributed by atoms with E-state index >= 15 is 0 Å². The first kappa shape index (κ1) is 47.3. The number of halogens is 1. The zero-order valence-corrected chi connectivity index (χ0v) is 46.3. The van der Waals surface area contributed by atoms with E-state index in [0.29, 0.717) is 0 Å². The van der Waals surface area contributed by atoms with Gasteiger partial charge in [0.05, 0.1) is 48.7 Å². The monoisotopic (exact) mass is 1090 g/mol. The molecule has 4 nitrogen and oxygen atoms in total. The van der Waals surface area contributed by atoms with Crippen LogP contribution in [-0.2, 0) is 10.8 Å². The molecule has 0 unspecified atom stereocenters. The third-order valence-corrected chi connectivity index (χ3v) is 18.5. The molecule has 0 fully saturated rings. The van der Waals surface area contributed by atoms with E-state index in [1.54, 1.807) is 11.3 Å². The first-order valence-corrected chi connectivity index (χ1v) is 28.8. The van der Waals surface area contributed by atoms with Crippen molar-refractivity contribution in [1.82, 2.24) is 9.55 Å². The summed E-state index contributed by atoms with van der Waals surface area (Å²) in [5.41, 5.74) is 19.0. The van der Waals surface area contributed by atoms with Crippen molar-refractivity contribution < 1.29 is 0 Å². The zero-order chi connectivity index (χ0) is 52.0. The Morgan fingerprint density at radius 2 is 0.805 bits per heavy atom. The average molecular weight is 1090 g/mol. The summed E-state index contributed by atoms with van der Waals surface area (Å²) >= 11 is 7.16. The molecule has 2 aliphatic rings. The van der Waals surface area contributed by atoms with Crippen LogP contribution in [0, 0.1) is 0 Å². The van der Waals surface area contributed by atoms with Crippen molar-refractivity contribution in [1.29, 1.82) is 0 Å². The highest BCUT2D eigenvalue weighted by molar-refractivity contribution is 9.10. The Bertz CT molecular complexity index is 4450. The van der Waals surface area contributed by atoms with E-state index in [0.717, 1.165) is 4.47 Å². The average Bonchev–Trinajstić information content (AvgIpc) is 4.32. The molecular weight excluding hydrogens is 1040 g/mol. The van der Waals surface area contributed by atoms with Gasteiger partial charge in [0.15, 0.2) is 0 Å². The number of rotatable bonds is 3. The highest BCUT2D eigenvalue weighted by Crippen LogP contribution is 2.53. The predicted octanol–water partition coefficient (Wildman–Crippen LogP) is 21.2. The lowest BCUT2D eigenvalue weighted by atomic mass is 9.73. The molecule has 0 amide bonds. The zero-order valence-electron chi connectivity index (χ0n) is 43.1. The fraction of sp³-hybridized carbons (Fsp3) is 0.0857. The number of thiophene rings is 2. The fourth-order valence-corrected chi connectivity index (χ4v) is 14.4. The Kier molecular flexibility index (Phi) is 11.4. The van der Waals surface area contributed by atoms with E-state index < -0.39 is 0 Å². The SMILES string of the molecule is CC1(C)c2ccccc2N(c2ccc(-n3c4ccccc4c4ccc5ccsc5c43)cc2)c2ccccc21.CC1(C)c2ccccc2N(c2ccc(Br)cc2)c2ccccc21.c1ccc2c(c1)[nH]c1c2ccc2ccsc21. The van der Waals surface area contributed by atoms with E-state index in [9.17, 15) is 0 Å². The number of hydrogen-bond donors (Lipinski definition) is 1. The number of aromatic nitrogens is 2. The molecule has 2 aliphatic heterocycles. The van der Waals surface area contributed by atoms with Crippen LogP contribution in [0.5, 0.6) is 0 Å². The maximum Gasteiger partial charge on any atom is 0.0719 e. The van der Waals surface area contributed by atoms with Gasteiger partial charge >= 0.3 is 0 Å². The van der Waals surface area contributed by atoms with E-state index in [2.05, 4.69) is 304 Å². The minimum absolute atomic E-state index is 0.000942. The van der Waals surface area contributed by atoms with Gasteiger partial charge in [-0.1, -0.05) is 177 Å². The van der Waals surface area contributed by atoms with Crippen molar-refractivity contribution in [2.75, 3.05) is 9.80 Å². The number of nitrogens with zero attached hydrogens (tertiary/aromatic N) is 3. The maximum absolute atomic E-state index is 3.53. The number of aromatic amines is 1. The van der Waals surface area contributed by atoms with Gasteiger partial charge in [-0.25, -0.2) is 0 Å². The Balaban J connectivity index is 0.000000117. The van der Waals surface area contributed by atoms with Crippen LogP contribution in [0.4, 0.5) is 34.1 Å². The fourth-order valence-electron chi connectivity index (χ4n) is 12.3. The van der Waals surface area contributed by atoms with E-state index in [-0.39, 0.29) is 10.8 Å². The number of benzene rings is 10. The largest absolute Gasteiger partial charge is 0.353 e. The topological polar surface area (TPSA) is 27.2 Å². The summed E-state index contributed by atoms with van der Waals surface area (Å²) in [4.78, 5) is 8.30.